The van der Waals surface area contributed by atoms with Crippen LogP contribution in [0, 0.1) is 0 Å². The largest absolute Gasteiger partial charge is 0.396 e. The van der Waals surface area contributed by atoms with E-state index in [-0.39, 0.29) is 24.7 Å². The van der Waals surface area contributed by atoms with Gasteiger partial charge < -0.3 is 15.2 Å². The van der Waals surface area contributed by atoms with Gasteiger partial charge in [0.2, 0.25) is 0 Å². The van der Waals surface area contributed by atoms with Gasteiger partial charge in [-0.1, -0.05) is 0 Å². The number of aryl methyl sites for hydroxylation is 1. The molecule has 0 unspecified atom stereocenters. The van der Waals surface area contributed by atoms with E-state index in [2.05, 4.69) is 20.4 Å². The van der Waals surface area contributed by atoms with Crippen molar-refractivity contribution in [1.82, 2.24) is 20.4 Å². The average Bonchev–Trinajstić information content (AvgIpc) is 3.20. The molecule has 2 aliphatic heterocycles. The monoisotopic (exact) mass is 320 g/mol. The number of hydrogen-bond donors (Lipinski definition) is 3. The average molecular weight is 320 g/mol. The quantitative estimate of drug-likeness (QED) is 0.718. The minimum Gasteiger partial charge on any atom is -0.396 e. The Morgan fingerprint density at radius 3 is 3.22 bits per heavy atom. The lowest BCUT2D eigenvalue weighted by Gasteiger charge is -2.34. The molecular formula is C16H24N4O3. The van der Waals surface area contributed by atoms with Crippen molar-refractivity contribution < 1.29 is 14.6 Å². The van der Waals surface area contributed by atoms with Crippen LogP contribution in [0.15, 0.2) is 0 Å². The van der Waals surface area contributed by atoms with Gasteiger partial charge in [0.25, 0.3) is 5.91 Å². The Labute approximate surface area is 135 Å². The molecule has 3 aliphatic rings. The van der Waals surface area contributed by atoms with E-state index in [9.17, 15) is 4.79 Å². The lowest BCUT2D eigenvalue weighted by molar-refractivity contribution is -0.0566. The number of hydrogen-bond acceptors (Lipinski definition) is 5. The summed E-state index contributed by atoms with van der Waals surface area (Å²) in [6.07, 6.45) is 4.76. The smallest absolute Gasteiger partial charge is 0.272 e. The highest BCUT2D eigenvalue weighted by molar-refractivity contribution is 5.94. The summed E-state index contributed by atoms with van der Waals surface area (Å²) in [5.41, 5.74) is 2.81. The van der Waals surface area contributed by atoms with Gasteiger partial charge in [0, 0.05) is 43.0 Å². The molecule has 0 spiro atoms. The van der Waals surface area contributed by atoms with Crippen LogP contribution in [0.25, 0.3) is 0 Å². The van der Waals surface area contributed by atoms with E-state index in [1.165, 1.54) is 0 Å². The maximum absolute atomic E-state index is 12.5. The number of rotatable bonds is 4. The summed E-state index contributed by atoms with van der Waals surface area (Å²) in [6.45, 7) is 2.55. The van der Waals surface area contributed by atoms with Crippen molar-refractivity contribution in [3.8, 4) is 0 Å². The summed E-state index contributed by atoms with van der Waals surface area (Å²) in [5.74, 6) is -0.0536. The summed E-state index contributed by atoms with van der Waals surface area (Å²) in [4.78, 5) is 14.9. The zero-order valence-electron chi connectivity index (χ0n) is 13.3. The van der Waals surface area contributed by atoms with Crippen molar-refractivity contribution in [2.45, 2.75) is 50.3 Å². The summed E-state index contributed by atoms with van der Waals surface area (Å²) in [7, 11) is 0. The first kappa shape index (κ1) is 15.1. The molecule has 0 aromatic carbocycles. The van der Waals surface area contributed by atoms with E-state index in [0.29, 0.717) is 24.8 Å². The molecule has 7 heteroatoms. The van der Waals surface area contributed by atoms with Crippen LogP contribution in [0.3, 0.4) is 0 Å². The molecule has 0 saturated carbocycles. The van der Waals surface area contributed by atoms with E-state index >= 15 is 0 Å². The Bertz CT molecular complexity index is 588. The van der Waals surface area contributed by atoms with Crippen LogP contribution < -0.4 is 5.32 Å². The van der Waals surface area contributed by atoms with Gasteiger partial charge in [-0.2, -0.15) is 5.10 Å². The fraction of sp³-hybridized carbons (Fsp3) is 0.750. The van der Waals surface area contributed by atoms with Crippen LogP contribution in [0.5, 0.6) is 0 Å². The van der Waals surface area contributed by atoms with Gasteiger partial charge in [0.05, 0.1) is 12.7 Å². The molecule has 7 nitrogen and oxygen atoms in total. The van der Waals surface area contributed by atoms with E-state index in [0.717, 1.165) is 50.0 Å². The van der Waals surface area contributed by atoms with E-state index in [4.69, 9.17) is 9.84 Å². The first-order valence-electron chi connectivity index (χ1n) is 8.58. The molecule has 0 radical (unpaired) electrons. The highest BCUT2D eigenvalue weighted by Gasteiger charge is 2.38. The number of nitrogens with one attached hydrogen (secondary N) is 2. The number of ether oxygens (including phenoxy) is 1. The maximum Gasteiger partial charge on any atom is 0.272 e. The molecule has 2 saturated heterocycles. The van der Waals surface area contributed by atoms with Crippen molar-refractivity contribution in [1.29, 1.82) is 0 Å². The number of carbonyl (C=O) groups is 1. The summed E-state index contributed by atoms with van der Waals surface area (Å²) in [5, 5.41) is 19.4. The molecule has 1 aromatic rings. The molecule has 0 bridgehead atoms. The molecule has 1 aromatic heterocycles. The molecule has 2 fully saturated rings. The SMILES string of the molecule is O=C(N[C@@H]1C[C@H]2CO[C@@H](CCO)CN2C1)c1n[nH]c2c1CCC2. The number of morpholine rings is 1. The molecule has 3 atom stereocenters. The van der Waals surface area contributed by atoms with Crippen molar-refractivity contribution in [2.24, 2.45) is 0 Å². The second-order valence-electron chi connectivity index (χ2n) is 6.86. The molecule has 1 amide bonds. The molecular weight excluding hydrogens is 296 g/mol. The Kier molecular flexibility index (Phi) is 4.09. The summed E-state index contributed by atoms with van der Waals surface area (Å²) >= 11 is 0. The number of nitrogens with zero attached hydrogens (tertiary/aromatic N) is 2. The number of aromatic amines is 1. The highest BCUT2D eigenvalue weighted by Crippen LogP contribution is 2.26. The van der Waals surface area contributed by atoms with Crippen LogP contribution in [0.2, 0.25) is 0 Å². The lowest BCUT2D eigenvalue weighted by atomic mass is 10.1. The van der Waals surface area contributed by atoms with E-state index < -0.39 is 0 Å². The number of aliphatic hydroxyl groups is 1. The van der Waals surface area contributed by atoms with Gasteiger partial charge in [0.15, 0.2) is 5.69 Å². The predicted octanol–water partition coefficient (Wildman–Crippen LogP) is -0.148. The fourth-order valence-electron chi connectivity index (χ4n) is 4.13. The molecule has 1 aliphatic carbocycles. The Balaban J connectivity index is 1.36. The predicted molar refractivity (Wildman–Crippen MR) is 83.3 cm³/mol. The third-order valence-corrected chi connectivity index (χ3v) is 5.30. The standard InChI is InChI=1S/C16H24N4O3/c21-5-4-12-8-20-7-10(6-11(20)9-23-12)17-16(22)15-13-2-1-3-14(13)18-19-15/h10-12,21H,1-9H2,(H,17,22)(H,18,19)/t10-,11+,12+/m1/s1. The molecule has 3 heterocycles. The van der Waals surface area contributed by atoms with Gasteiger partial charge in [-0.05, 0) is 32.1 Å². The van der Waals surface area contributed by atoms with Crippen LogP contribution >= 0.6 is 0 Å². The lowest BCUT2D eigenvalue weighted by Crippen LogP contribution is -2.46. The number of aromatic nitrogens is 2. The van der Waals surface area contributed by atoms with Gasteiger partial charge in [-0.3, -0.25) is 14.8 Å². The number of fused-ring (bicyclic) bond motifs is 2. The van der Waals surface area contributed by atoms with Crippen LogP contribution in [-0.2, 0) is 17.6 Å². The highest BCUT2D eigenvalue weighted by atomic mass is 16.5. The summed E-state index contributed by atoms with van der Waals surface area (Å²) < 4.78 is 5.79. The Morgan fingerprint density at radius 1 is 1.43 bits per heavy atom. The van der Waals surface area contributed by atoms with E-state index in [1.54, 1.807) is 0 Å². The summed E-state index contributed by atoms with van der Waals surface area (Å²) in [6, 6.07) is 0.526. The zero-order valence-corrected chi connectivity index (χ0v) is 13.3. The fourth-order valence-corrected chi connectivity index (χ4v) is 4.13. The zero-order chi connectivity index (χ0) is 15.8. The molecule has 3 N–H and O–H groups in total. The van der Waals surface area contributed by atoms with Crippen molar-refractivity contribution in [3.63, 3.8) is 0 Å². The molecule has 23 heavy (non-hydrogen) atoms. The second-order valence-corrected chi connectivity index (χ2v) is 6.86. The van der Waals surface area contributed by atoms with Gasteiger partial charge in [0.1, 0.15) is 0 Å². The van der Waals surface area contributed by atoms with Crippen molar-refractivity contribution in [2.75, 3.05) is 26.3 Å². The van der Waals surface area contributed by atoms with Crippen LogP contribution in [-0.4, -0.2) is 70.6 Å². The van der Waals surface area contributed by atoms with Gasteiger partial charge in [-0.15, -0.1) is 0 Å². The molecule has 126 valence electrons. The normalized spacial score (nSPS) is 30.2. The minimum absolute atomic E-state index is 0.0536. The van der Waals surface area contributed by atoms with Gasteiger partial charge >= 0.3 is 0 Å². The number of carbonyl (C=O) groups excluding carboxylic acids is 1. The Hall–Kier alpha value is -1.44. The topological polar surface area (TPSA) is 90.5 Å². The van der Waals surface area contributed by atoms with Gasteiger partial charge in [-0.25, -0.2) is 0 Å². The Morgan fingerprint density at radius 2 is 2.35 bits per heavy atom. The number of H-pyrrole nitrogens is 1. The van der Waals surface area contributed by atoms with Crippen LogP contribution in [0.4, 0.5) is 0 Å². The van der Waals surface area contributed by atoms with Crippen molar-refractivity contribution >= 4 is 5.91 Å². The minimum atomic E-state index is -0.0536. The number of amides is 1. The van der Waals surface area contributed by atoms with Crippen molar-refractivity contribution in [3.05, 3.63) is 17.0 Å². The van der Waals surface area contributed by atoms with E-state index in [1.807, 2.05) is 0 Å². The first-order valence-corrected chi connectivity index (χ1v) is 8.58. The third-order valence-electron chi connectivity index (χ3n) is 5.30. The third kappa shape index (κ3) is 2.88. The maximum atomic E-state index is 12.5. The van der Waals surface area contributed by atoms with Crippen LogP contribution in [0.1, 0.15) is 41.0 Å². The second kappa shape index (κ2) is 6.22. The molecule has 4 rings (SSSR count). The number of aliphatic hydroxyl groups excluding tert-OH is 1. The first-order chi connectivity index (χ1) is 11.2.